The molecule has 0 aromatic heterocycles. The van der Waals surface area contributed by atoms with Crippen molar-refractivity contribution < 1.29 is 33.4 Å². The van der Waals surface area contributed by atoms with Gasteiger partial charge in [0.1, 0.15) is 19.1 Å². The summed E-state index contributed by atoms with van der Waals surface area (Å²) in [5, 5.41) is 5.37. The Kier molecular flexibility index (Phi) is 7.46. The number of carbonyl (C=O) groups excluding carboxylic acids is 2. The van der Waals surface area contributed by atoms with Crippen molar-refractivity contribution in [2.75, 3.05) is 59.9 Å². The maximum atomic E-state index is 12.2. The second-order valence-corrected chi connectivity index (χ2v) is 6.75. The lowest BCUT2D eigenvalue weighted by Gasteiger charge is -2.32. The van der Waals surface area contributed by atoms with E-state index in [2.05, 4.69) is 10.6 Å². The van der Waals surface area contributed by atoms with Gasteiger partial charge in [0.05, 0.1) is 19.8 Å². The first-order valence-electron chi connectivity index (χ1n) is 9.56. The molecule has 2 heterocycles. The topological polar surface area (TPSA) is 99.6 Å². The number of carbonyl (C=O) groups is 2. The Balaban J connectivity index is 1.61. The smallest absolute Gasteiger partial charge is 0.309 e. The molecule has 0 bridgehead atoms. The van der Waals surface area contributed by atoms with Crippen LogP contribution in [0.15, 0.2) is 18.2 Å². The number of benzene rings is 1. The quantitative estimate of drug-likeness (QED) is 0.372. The largest absolute Gasteiger partial charge is 0.454 e. The third-order valence-corrected chi connectivity index (χ3v) is 4.91. The van der Waals surface area contributed by atoms with Crippen molar-refractivity contribution in [2.45, 2.75) is 12.5 Å². The minimum absolute atomic E-state index is 0.0105. The molecule has 0 aliphatic carbocycles. The van der Waals surface area contributed by atoms with Gasteiger partial charge in [-0.2, -0.15) is 0 Å². The van der Waals surface area contributed by atoms with E-state index in [-0.39, 0.29) is 12.8 Å². The van der Waals surface area contributed by atoms with Crippen molar-refractivity contribution in [2.24, 2.45) is 0 Å². The fourth-order valence-electron chi connectivity index (χ4n) is 3.38. The Morgan fingerprint density at radius 3 is 2.68 bits per heavy atom. The molecule has 2 amide bonds. The average Bonchev–Trinajstić information content (AvgIpc) is 3.20. The highest BCUT2D eigenvalue weighted by Gasteiger charge is 2.29. The summed E-state index contributed by atoms with van der Waals surface area (Å²) in [6.07, 6.45) is 0.660. The number of fused-ring (bicyclic) bond motifs is 1. The molecule has 1 aromatic rings. The summed E-state index contributed by atoms with van der Waals surface area (Å²) >= 11 is 0. The van der Waals surface area contributed by atoms with E-state index in [1.54, 1.807) is 7.11 Å². The van der Waals surface area contributed by atoms with Gasteiger partial charge in [0.2, 0.25) is 6.79 Å². The van der Waals surface area contributed by atoms with Gasteiger partial charge in [-0.25, -0.2) is 0 Å². The Bertz CT molecular complexity index is 678. The highest BCUT2D eigenvalue weighted by atomic mass is 16.7. The molecule has 28 heavy (non-hydrogen) atoms. The number of ether oxygens (including phenoxy) is 4. The molecule has 1 atom stereocenters. The lowest BCUT2D eigenvalue weighted by atomic mass is 10.0. The number of hydrogen-bond acceptors (Lipinski definition) is 6. The molecule has 3 rings (SSSR count). The van der Waals surface area contributed by atoms with Crippen molar-refractivity contribution in [3.63, 3.8) is 0 Å². The van der Waals surface area contributed by atoms with Crippen LogP contribution in [0.4, 0.5) is 0 Å². The molecule has 2 aliphatic heterocycles. The van der Waals surface area contributed by atoms with Gasteiger partial charge in [-0.1, -0.05) is 0 Å². The Labute approximate surface area is 164 Å². The normalized spacial score (nSPS) is 17.2. The second-order valence-electron chi connectivity index (χ2n) is 6.75. The third-order valence-electron chi connectivity index (χ3n) is 4.91. The molecule has 1 aromatic carbocycles. The van der Waals surface area contributed by atoms with Gasteiger partial charge in [-0.05, 0) is 24.6 Å². The summed E-state index contributed by atoms with van der Waals surface area (Å²) in [7, 11) is 1.60. The van der Waals surface area contributed by atoms with Crippen LogP contribution in [-0.2, 0) is 19.1 Å². The van der Waals surface area contributed by atoms with Crippen LogP contribution in [0.2, 0.25) is 0 Å². The van der Waals surface area contributed by atoms with Crippen molar-refractivity contribution in [1.29, 1.82) is 0 Å². The molecular formula is C19H28N3O6+. The van der Waals surface area contributed by atoms with Crippen molar-refractivity contribution in [3.05, 3.63) is 23.8 Å². The number of amides is 2. The summed E-state index contributed by atoms with van der Waals surface area (Å²) in [4.78, 5) is 25.4. The van der Waals surface area contributed by atoms with E-state index in [0.29, 0.717) is 45.1 Å². The highest BCUT2D eigenvalue weighted by molar-refractivity contribution is 6.35. The van der Waals surface area contributed by atoms with E-state index >= 15 is 0 Å². The molecule has 9 nitrogen and oxygen atoms in total. The molecule has 0 unspecified atom stereocenters. The molecule has 1 fully saturated rings. The summed E-state index contributed by atoms with van der Waals surface area (Å²) < 4.78 is 21.3. The number of hydrogen-bond donors (Lipinski definition) is 3. The maximum absolute atomic E-state index is 12.2. The van der Waals surface area contributed by atoms with Gasteiger partial charge < -0.3 is 34.5 Å². The summed E-state index contributed by atoms with van der Waals surface area (Å²) in [6.45, 7) is 4.51. The van der Waals surface area contributed by atoms with Crippen LogP contribution in [0.3, 0.4) is 0 Å². The van der Waals surface area contributed by atoms with Crippen molar-refractivity contribution >= 4 is 11.8 Å². The van der Waals surface area contributed by atoms with Gasteiger partial charge in [0.25, 0.3) is 0 Å². The van der Waals surface area contributed by atoms with E-state index < -0.39 is 11.8 Å². The van der Waals surface area contributed by atoms with Crippen LogP contribution in [-0.4, -0.2) is 71.7 Å². The minimum atomic E-state index is -0.629. The molecule has 1 saturated heterocycles. The summed E-state index contributed by atoms with van der Waals surface area (Å²) in [6, 6.07) is 5.81. The predicted molar refractivity (Wildman–Crippen MR) is 99.3 cm³/mol. The second kappa shape index (κ2) is 10.3. The van der Waals surface area contributed by atoms with Gasteiger partial charge in [0.15, 0.2) is 11.5 Å². The maximum Gasteiger partial charge on any atom is 0.309 e. The number of nitrogens with one attached hydrogen (secondary N) is 3. The van der Waals surface area contributed by atoms with Crippen LogP contribution >= 0.6 is 0 Å². The molecule has 2 aliphatic rings. The van der Waals surface area contributed by atoms with E-state index in [0.717, 1.165) is 24.4 Å². The van der Waals surface area contributed by atoms with Gasteiger partial charge in [0, 0.05) is 25.8 Å². The van der Waals surface area contributed by atoms with E-state index in [9.17, 15) is 9.59 Å². The molecular weight excluding hydrogens is 366 g/mol. The first-order chi connectivity index (χ1) is 13.7. The van der Waals surface area contributed by atoms with Crippen LogP contribution in [0, 0.1) is 0 Å². The molecule has 0 spiro atoms. The number of morpholine rings is 1. The zero-order valence-electron chi connectivity index (χ0n) is 16.1. The van der Waals surface area contributed by atoms with E-state index in [4.69, 9.17) is 18.9 Å². The standard InChI is InChI=1S/C19H27N3O6/c1-25-8-2-5-20-18(23)19(24)21-12-15(22-6-9-26-10-7-22)14-3-4-16-17(11-14)28-13-27-16/h3-4,11,15H,2,5-10,12-13H2,1H3,(H,20,23)(H,21,24)/p+1/t15-/m0/s1. The first-order valence-corrected chi connectivity index (χ1v) is 9.56. The van der Waals surface area contributed by atoms with Crippen LogP contribution in [0.25, 0.3) is 0 Å². The van der Waals surface area contributed by atoms with Crippen molar-refractivity contribution in [1.82, 2.24) is 10.6 Å². The number of methoxy groups -OCH3 is 1. The fourth-order valence-corrected chi connectivity index (χ4v) is 3.38. The Hall–Kier alpha value is -2.36. The van der Waals surface area contributed by atoms with Crippen LogP contribution in [0.5, 0.6) is 11.5 Å². The monoisotopic (exact) mass is 394 g/mol. The molecule has 0 radical (unpaired) electrons. The minimum Gasteiger partial charge on any atom is -0.454 e. The molecule has 154 valence electrons. The summed E-state index contributed by atoms with van der Waals surface area (Å²) in [5.41, 5.74) is 1.03. The molecule has 3 N–H and O–H groups in total. The van der Waals surface area contributed by atoms with Gasteiger partial charge >= 0.3 is 11.8 Å². The predicted octanol–water partition coefficient (Wildman–Crippen LogP) is -1.36. The van der Waals surface area contributed by atoms with Gasteiger partial charge in [-0.3, -0.25) is 9.59 Å². The number of rotatable bonds is 8. The zero-order valence-corrected chi connectivity index (χ0v) is 16.1. The Morgan fingerprint density at radius 2 is 1.89 bits per heavy atom. The lowest BCUT2D eigenvalue weighted by Crippen LogP contribution is -3.15. The zero-order chi connectivity index (χ0) is 19.8. The van der Waals surface area contributed by atoms with E-state index in [1.165, 1.54) is 4.90 Å². The SMILES string of the molecule is COCCCNC(=O)C(=O)NC[C@@H](c1ccc2c(c1)OCO2)[NH+]1CCOCC1. The number of quaternary nitrogens is 1. The van der Waals surface area contributed by atoms with Crippen LogP contribution < -0.4 is 25.0 Å². The lowest BCUT2D eigenvalue weighted by molar-refractivity contribution is -0.937. The Morgan fingerprint density at radius 1 is 1.14 bits per heavy atom. The fraction of sp³-hybridized carbons (Fsp3) is 0.579. The first kappa shape index (κ1) is 20.4. The van der Waals surface area contributed by atoms with Crippen LogP contribution in [0.1, 0.15) is 18.0 Å². The molecule has 0 saturated carbocycles. The molecule has 9 heteroatoms. The third kappa shape index (κ3) is 5.34. The summed E-state index contributed by atoms with van der Waals surface area (Å²) in [5.74, 6) is 0.171. The average molecular weight is 394 g/mol. The van der Waals surface area contributed by atoms with E-state index in [1.807, 2.05) is 18.2 Å². The van der Waals surface area contributed by atoms with Crippen molar-refractivity contribution in [3.8, 4) is 11.5 Å². The van der Waals surface area contributed by atoms with Gasteiger partial charge in [-0.15, -0.1) is 0 Å². The highest BCUT2D eigenvalue weighted by Crippen LogP contribution is 2.33.